The fourth-order valence-electron chi connectivity index (χ4n) is 2.96. The highest BCUT2D eigenvalue weighted by atomic mass is 16.5. The molecule has 1 aromatic carbocycles. The van der Waals surface area contributed by atoms with E-state index in [1.165, 1.54) is 0 Å². The number of hydrogen-bond donors (Lipinski definition) is 2. The molecule has 2 atom stereocenters. The normalized spacial score (nSPS) is 21.0. The monoisotopic (exact) mass is 320 g/mol. The van der Waals surface area contributed by atoms with E-state index in [-0.39, 0.29) is 24.8 Å². The molecule has 2 N–H and O–H groups in total. The van der Waals surface area contributed by atoms with Gasteiger partial charge >= 0.3 is 6.03 Å². The molecule has 1 aromatic rings. The van der Waals surface area contributed by atoms with E-state index in [0.717, 1.165) is 23.2 Å². The first-order valence-corrected chi connectivity index (χ1v) is 8.32. The molecule has 0 aliphatic carbocycles. The standard InChI is InChI=1S/C18H28N2O3/c1-12(2)23-11-15-6-5-7-16(14(15)4)19-18(22)20-9-8-13(3)17(20)10-21/h5-7,12-13,17,21H,8-11H2,1-4H3,(H,19,22)/t13-,17+/m1/s1. The van der Waals surface area contributed by atoms with Crippen molar-refractivity contribution in [2.45, 2.75) is 52.9 Å². The van der Waals surface area contributed by atoms with Crippen molar-refractivity contribution in [2.24, 2.45) is 5.92 Å². The highest BCUT2D eigenvalue weighted by Gasteiger charge is 2.33. The number of ether oxygens (including phenoxy) is 1. The van der Waals surface area contributed by atoms with Gasteiger partial charge in [-0.3, -0.25) is 0 Å². The van der Waals surface area contributed by atoms with Crippen molar-refractivity contribution < 1.29 is 14.6 Å². The smallest absolute Gasteiger partial charge is 0.322 e. The van der Waals surface area contributed by atoms with Gasteiger partial charge in [0.05, 0.1) is 25.4 Å². The lowest BCUT2D eigenvalue weighted by atomic mass is 10.0. The first-order chi connectivity index (χ1) is 10.9. The van der Waals surface area contributed by atoms with Gasteiger partial charge in [-0.05, 0) is 50.3 Å². The molecule has 1 aliphatic rings. The lowest BCUT2D eigenvalue weighted by Gasteiger charge is -2.26. The van der Waals surface area contributed by atoms with Crippen molar-refractivity contribution in [3.8, 4) is 0 Å². The molecule has 0 radical (unpaired) electrons. The predicted octanol–water partition coefficient (Wildman–Crippen LogP) is 3.15. The quantitative estimate of drug-likeness (QED) is 0.876. The van der Waals surface area contributed by atoms with Crippen LogP contribution in [0, 0.1) is 12.8 Å². The Morgan fingerprint density at radius 2 is 2.22 bits per heavy atom. The van der Waals surface area contributed by atoms with Crippen LogP contribution in [0.25, 0.3) is 0 Å². The maximum atomic E-state index is 12.5. The Hall–Kier alpha value is -1.59. The first-order valence-electron chi connectivity index (χ1n) is 8.32. The summed E-state index contributed by atoms with van der Waals surface area (Å²) in [4.78, 5) is 14.3. The fraction of sp³-hybridized carbons (Fsp3) is 0.611. The number of likely N-dealkylation sites (tertiary alicyclic amines) is 1. The molecular weight excluding hydrogens is 292 g/mol. The van der Waals surface area contributed by atoms with Crippen molar-refractivity contribution in [1.82, 2.24) is 4.90 Å². The summed E-state index contributed by atoms with van der Waals surface area (Å²) in [6.45, 7) is 9.31. The van der Waals surface area contributed by atoms with Crippen LogP contribution in [0.5, 0.6) is 0 Å². The number of nitrogens with zero attached hydrogens (tertiary/aromatic N) is 1. The van der Waals surface area contributed by atoms with Gasteiger partial charge in [0.15, 0.2) is 0 Å². The molecule has 128 valence electrons. The minimum Gasteiger partial charge on any atom is -0.394 e. The number of urea groups is 1. The van der Waals surface area contributed by atoms with Crippen LogP contribution in [0.2, 0.25) is 0 Å². The molecule has 1 heterocycles. The van der Waals surface area contributed by atoms with E-state index in [1.54, 1.807) is 4.90 Å². The first kappa shape index (κ1) is 17.8. The number of nitrogens with one attached hydrogen (secondary N) is 1. The number of aliphatic hydroxyl groups excluding tert-OH is 1. The summed E-state index contributed by atoms with van der Waals surface area (Å²) in [6, 6.07) is 5.61. The maximum absolute atomic E-state index is 12.5. The Morgan fingerprint density at radius 1 is 1.48 bits per heavy atom. The molecule has 23 heavy (non-hydrogen) atoms. The van der Waals surface area contributed by atoms with Gasteiger partial charge in [0.2, 0.25) is 0 Å². The average molecular weight is 320 g/mol. The second-order valence-electron chi connectivity index (χ2n) is 6.59. The minimum absolute atomic E-state index is 0.00976. The second kappa shape index (κ2) is 7.79. The summed E-state index contributed by atoms with van der Waals surface area (Å²) < 4.78 is 5.66. The van der Waals surface area contributed by atoms with Gasteiger partial charge in [0.1, 0.15) is 0 Å². The zero-order valence-corrected chi connectivity index (χ0v) is 14.5. The number of aliphatic hydroxyl groups is 1. The summed E-state index contributed by atoms with van der Waals surface area (Å²) in [7, 11) is 0. The second-order valence-corrected chi connectivity index (χ2v) is 6.59. The Morgan fingerprint density at radius 3 is 2.87 bits per heavy atom. The van der Waals surface area contributed by atoms with Crippen molar-refractivity contribution >= 4 is 11.7 Å². The molecule has 5 heteroatoms. The minimum atomic E-state index is -0.140. The van der Waals surface area contributed by atoms with E-state index in [4.69, 9.17) is 4.74 Å². The molecular formula is C18H28N2O3. The van der Waals surface area contributed by atoms with Crippen LogP contribution >= 0.6 is 0 Å². The highest BCUT2D eigenvalue weighted by Crippen LogP contribution is 2.26. The van der Waals surface area contributed by atoms with Crippen molar-refractivity contribution in [1.29, 1.82) is 0 Å². The molecule has 0 unspecified atom stereocenters. The number of hydrogen-bond acceptors (Lipinski definition) is 3. The molecule has 5 nitrogen and oxygen atoms in total. The van der Waals surface area contributed by atoms with Crippen molar-refractivity contribution in [2.75, 3.05) is 18.5 Å². The van der Waals surface area contributed by atoms with Crippen molar-refractivity contribution in [3.63, 3.8) is 0 Å². The highest BCUT2D eigenvalue weighted by molar-refractivity contribution is 5.90. The van der Waals surface area contributed by atoms with Crippen LogP contribution in [0.1, 0.15) is 38.3 Å². The fourth-order valence-corrected chi connectivity index (χ4v) is 2.96. The van der Waals surface area contributed by atoms with Gasteiger partial charge in [-0.15, -0.1) is 0 Å². The van der Waals surface area contributed by atoms with Gasteiger partial charge < -0.3 is 20.1 Å². The largest absolute Gasteiger partial charge is 0.394 e. The summed E-state index contributed by atoms with van der Waals surface area (Å²) in [5.41, 5.74) is 2.90. The zero-order chi connectivity index (χ0) is 17.0. The third kappa shape index (κ3) is 4.24. The van der Waals surface area contributed by atoms with E-state index >= 15 is 0 Å². The molecule has 1 aliphatic heterocycles. The summed E-state index contributed by atoms with van der Waals surface area (Å²) >= 11 is 0. The Kier molecular flexibility index (Phi) is 6.02. The van der Waals surface area contributed by atoms with E-state index in [1.807, 2.05) is 39.0 Å². The Bertz CT molecular complexity index is 545. The van der Waals surface area contributed by atoms with Gasteiger partial charge in [0, 0.05) is 12.2 Å². The molecule has 1 fully saturated rings. The summed E-state index contributed by atoms with van der Waals surface area (Å²) in [5, 5.41) is 12.5. The van der Waals surface area contributed by atoms with Gasteiger partial charge in [-0.2, -0.15) is 0 Å². The van der Waals surface area contributed by atoms with Crippen molar-refractivity contribution in [3.05, 3.63) is 29.3 Å². The lowest BCUT2D eigenvalue weighted by molar-refractivity contribution is 0.0654. The number of carbonyl (C=O) groups is 1. The van der Waals surface area contributed by atoms with Crippen LogP contribution in [0.4, 0.5) is 10.5 Å². The number of anilines is 1. The van der Waals surface area contributed by atoms with Gasteiger partial charge in [-0.1, -0.05) is 19.1 Å². The molecule has 0 saturated carbocycles. The SMILES string of the molecule is Cc1c(COC(C)C)cccc1NC(=O)N1CC[C@@H](C)[C@@H]1CO. The third-order valence-electron chi connectivity index (χ3n) is 4.59. The Labute approximate surface area is 138 Å². The van der Waals surface area contributed by atoms with E-state index in [9.17, 15) is 9.90 Å². The molecule has 2 rings (SSSR count). The Balaban J connectivity index is 2.08. The average Bonchev–Trinajstić information content (AvgIpc) is 2.88. The molecule has 0 aromatic heterocycles. The molecule has 2 amide bonds. The topological polar surface area (TPSA) is 61.8 Å². The van der Waals surface area contributed by atoms with Crippen LogP contribution in [0.15, 0.2) is 18.2 Å². The van der Waals surface area contributed by atoms with Gasteiger partial charge in [-0.25, -0.2) is 4.79 Å². The molecule has 0 spiro atoms. The maximum Gasteiger partial charge on any atom is 0.322 e. The number of benzene rings is 1. The zero-order valence-electron chi connectivity index (χ0n) is 14.5. The number of amides is 2. The molecule has 1 saturated heterocycles. The molecule has 0 bridgehead atoms. The van der Waals surface area contributed by atoms with Gasteiger partial charge in [0.25, 0.3) is 0 Å². The van der Waals surface area contributed by atoms with Crippen LogP contribution < -0.4 is 5.32 Å². The van der Waals surface area contributed by atoms with E-state index < -0.39 is 0 Å². The van der Waals surface area contributed by atoms with E-state index in [0.29, 0.717) is 19.1 Å². The third-order valence-corrected chi connectivity index (χ3v) is 4.59. The predicted molar refractivity (Wildman–Crippen MR) is 91.5 cm³/mol. The lowest BCUT2D eigenvalue weighted by Crippen LogP contribution is -2.42. The van der Waals surface area contributed by atoms with Crippen LogP contribution in [-0.2, 0) is 11.3 Å². The van der Waals surface area contributed by atoms with Crippen LogP contribution in [0.3, 0.4) is 0 Å². The summed E-state index contributed by atoms with van der Waals surface area (Å²) in [6.07, 6.45) is 1.10. The number of rotatable bonds is 5. The summed E-state index contributed by atoms with van der Waals surface area (Å²) in [5.74, 6) is 0.331. The van der Waals surface area contributed by atoms with E-state index in [2.05, 4.69) is 12.2 Å². The number of carbonyl (C=O) groups excluding carboxylic acids is 1. The van der Waals surface area contributed by atoms with Crippen LogP contribution in [-0.4, -0.2) is 41.3 Å².